The summed E-state index contributed by atoms with van der Waals surface area (Å²) in [5.74, 6) is -1.45. The summed E-state index contributed by atoms with van der Waals surface area (Å²) in [7, 11) is 1.64. The number of hydrogen-bond acceptors (Lipinski definition) is 3. The minimum Gasteiger partial charge on any atom is -0.478 e. The molecule has 0 bridgehead atoms. The average Bonchev–Trinajstić information content (AvgIpc) is 2.31. The van der Waals surface area contributed by atoms with Gasteiger partial charge in [-0.2, -0.15) is 0 Å². The molecule has 1 aromatic rings. The number of nitrogens with one attached hydrogen (secondary N) is 2. The van der Waals surface area contributed by atoms with Gasteiger partial charge in [0.1, 0.15) is 0 Å². The van der Waals surface area contributed by atoms with E-state index in [0.717, 1.165) is 0 Å². The number of carboxylic acids is 1. The molecule has 0 radical (unpaired) electrons. The third-order valence-electron chi connectivity index (χ3n) is 2.36. The van der Waals surface area contributed by atoms with Crippen LogP contribution in [0.3, 0.4) is 0 Å². The van der Waals surface area contributed by atoms with Crippen molar-refractivity contribution in [1.29, 1.82) is 0 Å². The van der Waals surface area contributed by atoms with E-state index < -0.39 is 12.0 Å². The summed E-state index contributed by atoms with van der Waals surface area (Å²) in [6, 6.07) is 2.04. The minimum atomic E-state index is -1.14. The van der Waals surface area contributed by atoms with Crippen LogP contribution in [-0.4, -0.2) is 30.1 Å². The Morgan fingerprint density at radius 2 is 1.78 bits per heavy atom. The molecular weight excluding hydrogens is 279 g/mol. The first-order chi connectivity index (χ1) is 8.36. The van der Waals surface area contributed by atoms with Gasteiger partial charge in [-0.05, 0) is 26.1 Å². The molecule has 0 saturated carbocycles. The molecule has 1 rings (SSSR count). The lowest BCUT2D eigenvalue weighted by molar-refractivity contribution is -0.117. The van der Waals surface area contributed by atoms with Crippen LogP contribution >= 0.6 is 23.2 Å². The third kappa shape index (κ3) is 3.35. The molecule has 1 unspecified atom stereocenters. The number of amides is 1. The van der Waals surface area contributed by atoms with E-state index in [-0.39, 0.29) is 27.2 Å². The molecule has 1 amide bonds. The van der Waals surface area contributed by atoms with E-state index in [0.29, 0.717) is 0 Å². The number of carbonyl (C=O) groups is 2. The molecule has 0 aromatic heterocycles. The van der Waals surface area contributed by atoms with Gasteiger partial charge >= 0.3 is 5.97 Å². The molecule has 18 heavy (non-hydrogen) atoms. The molecule has 0 aliphatic heterocycles. The Balaban J connectivity index is 3.04. The van der Waals surface area contributed by atoms with E-state index in [2.05, 4.69) is 10.6 Å². The van der Waals surface area contributed by atoms with Gasteiger partial charge in [-0.25, -0.2) is 4.79 Å². The van der Waals surface area contributed by atoms with E-state index >= 15 is 0 Å². The van der Waals surface area contributed by atoms with Crippen molar-refractivity contribution in [3.05, 3.63) is 27.7 Å². The van der Waals surface area contributed by atoms with Gasteiger partial charge in [0, 0.05) is 0 Å². The molecule has 1 atom stereocenters. The Kier molecular flexibility index (Phi) is 4.95. The van der Waals surface area contributed by atoms with Gasteiger partial charge in [-0.3, -0.25) is 4.79 Å². The molecule has 7 heteroatoms. The zero-order chi connectivity index (χ0) is 13.9. The number of carboxylic acid groups (broad SMARTS) is 1. The number of carbonyl (C=O) groups excluding carboxylic acids is 1. The Hall–Kier alpha value is -1.30. The van der Waals surface area contributed by atoms with E-state index in [1.54, 1.807) is 14.0 Å². The van der Waals surface area contributed by atoms with Crippen LogP contribution in [0.15, 0.2) is 12.1 Å². The van der Waals surface area contributed by atoms with Crippen molar-refractivity contribution in [1.82, 2.24) is 5.32 Å². The van der Waals surface area contributed by atoms with Gasteiger partial charge in [0.25, 0.3) is 0 Å². The normalized spacial score (nSPS) is 12.0. The standard InChI is InChI=1S/C11H12Cl2N2O3/c1-5(14-2)10(16)15-9-7(12)3-6(11(17)18)4-8(9)13/h3-5,14H,1-2H3,(H,15,16)(H,17,18). The Morgan fingerprint density at radius 1 is 1.28 bits per heavy atom. The molecule has 0 heterocycles. The Morgan fingerprint density at radius 3 is 2.17 bits per heavy atom. The fourth-order valence-electron chi connectivity index (χ4n) is 1.18. The predicted molar refractivity (Wildman–Crippen MR) is 70.6 cm³/mol. The fourth-order valence-corrected chi connectivity index (χ4v) is 1.76. The highest BCUT2D eigenvalue weighted by molar-refractivity contribution is 6.40. The molecular formula is C11H12Cl2N2O3. The van der Waals surface area contributed by atoms with Crippen molar-refractivity contribution in [2.24, 2.45) is 0 Å². The first-order valence-electron chi connectivity index (χ1n) is 5.07. The van der Waals surface area contributed by atoms with Crippen molar-refractivity contribution in [3.8, 4) is 0 Å². The number of likely N-dealkylation sites (N-methyl/N-ethyl adjacent to an activating group) is 1. The molecule has 3 N–H and O–H groups in total. The first-order valence-corrected chi connectivity index (χ1v) is 5.83. The predicted octanol–water partition coefficient (Wildman–Crippen LogP) is 2.24. The van der Waals surface area contributed by atoms with Gasteiger partial charge in [0.15, 0.2) is 0 Å². The topological polar surface area (TPSA) is 78.4 Å². The van der Waals surface area contributed by atoms with E-state index in [1.807, 2.05) is 0 Å². The lowest BCUT2D eigenvalue weighted by atomic mass is 10.2. The lowest BCUT2D eigenvalue weighted by Crippen LogP contribution is -2.35. The highest BCUT2D eigenvalue weighted by atomic mass is 35.5. The van der Waals surface area contributed by atoms with Crippen LogP contribution in [0.4, 0.5) is 5.69 Å². The maximum atomic E-state index is 11.7. The average molecular weight is 291 g/mol. The molecule has 1 aromatic carbocycles. The van der Waals surface area contributed by atoms with Crippen LogP contribution in [0.1, 0.15) is 17.3 Å². The maximum absolute atomic E-state index is 11.7. The number of hydrogen-bond donors (Lipinski definition) is 3. The van der Waals surface area contributed by atoms with Crippen molar-refractivity contribution < 1.29 is 14.7 Å². The Bertz CT molecular complexity index is 468. The van der Waals surface area contributed by atoms with Gasteiger partial charge in [0.2, 0.25) is 5.91 Å². The zero-order valence-electron chi connectivity index (χ0n) is 9.75. The number of anilines is 1. The summed E-state index contributed by atoms with van der Waals surface area (Å²) in [5, 5.41) is 14.3. The summed E-state index contributed by atoms with van der Waals surface area (Å²) < 4.78 is 0. The molecule has 0 saturated heterocycles. The van der Waals surface area contributed by atoms with Crippen molar-refractivity contribution in [2.45, 2.75) is 13.0 Å². The number of aromatic carboxylic acids is 1. The van der Waals surface area contributed by atoms with E-state index in [1.165, 1.54) is 12.1 Å². The van der Waals surface area contributed by atoms with Crippen molar-refractivity contribution in [3.63, 3.8) is 0 Å². The van der Waals surface area contributed by atoms with Crippen LogP contribution in [0.5, 0.6) is 0 Å². The molecule has 0 aliphatic rings. The number of halogens is 2. The quantitative estimate of drug-likeness (QED) is 0.795. The second kappa shape index (κ2) is 6.04. The van der Waals surface area contributed by atoms with Crippen LogP contribution in [-0.2, 0) is 4.79 Å². The summed E-state index contributed by atoms with van der Waals surface area (Å²) in [5.41, 5.74) is 0.167. The largest absolute Gasteiger partial charge is 0.478 e. The monoisotopic (exact) mass is 290 g/mol. The Labute approximate surface area is 114 Å². The fraction of sp³-hybridized carbons (Fsp3) is 0.273. The SMILES string of the molecule is CNC(C)C(=O)Nc1c(Cl)cc(C(=O)O)cc1Cl. The van der Waals surface area contributed by atoms with Gasteiger partial charge in [-0.15, -0.1) is 0 Å². The van der Waals surface area contributed by atoms with Gasteiger partial charge in [0.05, 0.1) is 27.3 Å². The van der Waals surface area contributed by atoms with Crippen LogP contribution in [0.2, 0.25) is 10.0 Å². The van der Waals surface area contributed by atoms with Gasteiger partial charge in [-0.1, -0.05) is 23.2 Å². The first kappa shape index (κ1) is 14.8. The van der Waals surface area contributed by atoms with Crippen molar-refractivity contribution in [2.75, 3.05) is 12.4 Å². The van der Waals surface area contributed by atoms with Crippen LogP contribution < -0.4 is 10.6 Å². The second-order valence-corrected chi connectivity index (χ2v) is 4.43. The van der Waals surface area contributed by atoms with Crippen LogP contribution in [0.25, 0.3) is 0 Å². The van der Waals surface area contributed by atoms with Crippen LogP contribution in [0, 0.1) is 0 Å². The summed E-state index contributed by atoms with van der Waals surface area (Å²) >= 11 is 11.8. The highest BCUT2D eigenvalue weighted by Gasteiger charge is 2.16. The summed E-state index contributed by atoms with van der Waals surface area (Å²) in [6.45, 7) is 1.67. The second-order valence-electron chi connectivity index (χ2n) is 3.62. The zero-order valence-corrected chi connectivity index (χ0v) is 11.3. The molecule has 0 aliphatic carbocycles. The molecule has 0 fully saturated rings. The maximum Gasteiger partial charge on any atom is 0.335 e. The molecule has 98 valence electrons. The smallest absolute Gasteiger partial charge is 0.335 e. The summed E-state index contributed by atoms with van der Waals surface area (Å²) in [6.07, 6.45) is 0. The third-order valence-corrected chi connectivity index (χ3v) is 2.96. The summed E-state index contributed by atoms with van der Waals surface area (Å²) in [4.78, 5) is 22.4. The van der Waals surface area contributed by atoms with E-state index in [4.69, 9.17) is 28.3 Å². The minimum absolute atomic E-state index is 0.0373. The highest BCUT2D eigenvalue weighted by Crippen LogP contribution is 2.32. The molecule has 0 spiro atoms. The molecule has 5 nitrogen and oxygen atoms in total. The number of benzene rings is 1. The number of rotatable bonds is 4. The van der Waals surface area contributed by atoms with Crippen molar-refractivity contribution >= 4 is 40.8 Å². The lowest BCUT2D eigenvalue weighted by Gasteiger charge is -2.13. The van der Waals surface area contributed by atoms with Gasteiger partial charge < -0.3 is 15.7 Å². The van der Waals surface area contributed by atoms with E-state index in [9.17, 15) is 9.59 Å².